The number of hydrogen-bond donors (Lipinski definition) is 1. The summed E-state index contributed by atoms with van der Waals surface area (Å²) in [6, 6.07) is 2.69. The maximum absolute atomic E-state index is 4.42. The SMILES string of the molecule is CC1CN(Cc2ccn(C)n2)CCCN1. The number of aromatic nitrogens is 2. The Morgan fingerprint density at radius 2 is 2.47 bits per heavy atom. The molecule has 1 aromatic rings. The van der Waals surface area contributed by atoms with Gasteiger partial charge in [-0.05, 0) is 32.5 Å². The maximum atomic E-state index is 4.42. The molecule has 0 bridgehead atoms. The van der Waals surface area contributed by atoms with Crippen LogP contribution in [0.1, 0.15) is 19.0 Å². The van der Waals surface area contributed by atoms with Gasteiger partial charge in [0.15, 0.2) is 0 Å². The summed E-state index contributed by atoms with van der Waals surface area (Å²) >= 11 is 0. The molecule has 1 fully saturated rings. The van der Waals surface area contributed by atoms with Crippen molar-refractivity contribution in [3.05, 3.63) is 18.0 Å². The van der Waals surface area contributed by atoms with Crippen LogP contribution in [0.15, 0.2) is 12.3 Å². The van der Waals surface area contributed by atoms with E-state index in [-0.39, 0.29) is 0 Å². The van der Waals surface area contributed by atoms with Gasteiger partial charge in [-0.1, -0.05) is 0 Å². The van der Waals surface area contributed by atoms with Crippen LogP contribution in [0.2, 0.25) is 0 Å². The summed E-state index contributed by atoms with van der Waals surface area (Å²) in [4.78, 5) is 2.48. The highest BCUT2D eigenvalue weighted by atomic mass is 15.3. The molecule has 1 aliphatic heterocycles. The van der Waals surface area contributed by atoms with Gasteiger partial charge in [-0.15, -0.1) is 0 Å². The van der Waals surface area contributed by atoms with Crippen LogP contribution in [0.5, 0.6) is 0 Å². The van der Waals surface area contributed by atoms with E-state index in [0.717, 1.165) is 19.6 Å². The molecule has 1 aromatic heterocycles. The molecule has 0 spiro atoms. The zero-order valence-electron chi connectivity index (χ0n) is 9.61. The molecular formula is C11H20N4. The van der Waals surface area contributed by atoms with Crippen molar-refractivity contribution in [3.63, 3.8) is 0 Å². The van der Waals surface area contributed by atoms with E-state index in [1.165, 1.54) is 18.7 Å². The fourth-order valence-electron chi connectivity index (χ4n) is 2.11. The van der Waals surface area contributed by atoms with Crippen LogP contribution in [0.25, 0.3) is 0 Å². The molecule has 0 saturated carbocycles. The molecule has 0 amide bonds. The van der Waals surface area contributed by atoms with E-state index < -0.39 is 0 Å². The highest BCUT2D eigenvalue weighted by Gasteiger charge is 2.14. The Hall–Kier alpha value is -0.870. The van der Waals surface area contributed by atoms with Crippen LogP contribution < -0.4 is 5.32 Å². The summed E-state index contributed by atoms with van der Waals surface area (Å²) < 4.78 is 1.87. The van der Waals surface area contributed by atoms with Crippen molar-refractivity contribution in [3.8, 4) is 0 Å². The second-order valence-electron chi connectivity index (χ2n) is 4.42. The lowest BCUT2D eigenvalue weighted by molar-refractivity contribution is 0.261. The van der Waals surface area contributed by atoms with Crippen molar-refractivity contribution >= 4 is 0 Å². The third-order valence-corrected chi connectivity index (χ3v) is 2.83. The van der Waals surface area contributed by atoms with Crippen molar-refractivity contribution in [2.24, 2.45) is 7.05 Å². The Kier molecular flexibility index (Phi) is 3.38. The molecule has 4 nitrogen and oxygen atoms in total. The summed E-state index contributed by atoms with van der Waals surface area (Å²) in [6.07, 6.45) is 3.24. The summed E-state index contributed by atoms with van der Waals surface area (Å²) in [7, 11) is 1.97. The molecular weight excluding hydrogens is 188 g/mol. The largest absolute Gasteiger partial charge is 0.313 e. The predicted molar refractivity (Wildman–Crippen MR) is 60.6 cm³/mol. The third-order valence-electron chi connectivity index (χ3n) is 2.83. The van der Waals surface area contributed by atoms with Gasteiger partial charge in [0, 0.05) is 32.4 Å². The van der Waals surface area contributed by atoms with Crippen LogP contribution >= 0.6 is 0 Å². The molecule has 4 heteroatoms. The Morgan fingerprint density at radius 3 is 3.20 bits per heavy atom. The van der Waals surface area contributed by atoms with Crippen LogP contribution in [-0.4, -0.2) is 40.4 Å². The molecule has 0 aliphatic carbocycles. The molecule has 2 rings (SSSR count). The predicted octanol–water partition coefficient (Wildman–Crippen LogP) is 0.604. The second kappa shape index (κ2) is 4.77. The van der Waals surface area contributed by atoms with E-state index in [0.29, 0.717) is 6.04 Å². The first-order valence-corrected chi connectivity index (χ1v) is 5.68. The number of nitrogens with zero attached hydrogens (tertiary/aromatic N) is 3. The van der Waals surface area contributed by atoms with Crippen LogP contribution in [0.4, 0.5) is 0 Å². The van der Waals surface area contributed by atoms with E-state index in [9.17, 15) is 0 Å². The fraction of sp³-hybridized carbons (Fsp3) is 0.727. The minimum Gasteiger partial charge on any atom is -0.313 e. The van der Waals surface area contributed by atoms with Gasteiger partial charge >= 0.3 is 0 Å². The van der Waals surface area contributed by atoms with Crippen molar-refractivity contribution in [2.75, 3.05) is 19.6 Å². The topological polar surface area (TPSA) is 33.1 Å². The molecule has 1 saturated heterocycles. The van der Waals surface area contributed by atoms with E-state index in [4.69, 9.17) is 0 Å². The van der Waals surface area contributed by atoms with Crippen molar-refractivity contribution in [1.29, 1.82) is 0 Å². The van der Waals surface area contributed by atoms with Crippen molar-refractivity contribution in [1.82, 2.24) is 20.0 Å². The Labute approximate surface area is 91.3 Å². The minimum atomic E-state index is 0.594. The fourth-order valence-corrected chi connectivity index (χ4v) is 2.11. The van der Waals surface area contributed by atoms with Gasteiger partial charge in [0.25, 0.3) is 0 Å². The average molecular weight is 208 g/mol. The summed E-state index contributed by atoms with van der Waals surface area (Å²) in [6.45, 7) is 6.66. The summed E-state index contributed by atoms with van der Waals surface area (Å²) in [5, 5.41) is 7.91. The first-order valence-electron chi connectivity index (χ1n) is 5.68. The molecule has 1 aliphatic rings. The second-order valence-corrected chi connectivity index (χ2v) is 4.42. The Bertz CT molecular complexity index is 307. The minimum absolute atomic E-state index is 0.594. The lowest BCUT2D eigenvalue weighted by Gasteiger charge is -2.20. The Morgan fingerprint density at radius 1 is 1.60 bits per heavy atom. The zero-order chi connectivity index (χ0) is 10.7. The summed E-state index contributed by atoms with van der Waals surface area (Å²) in [5.74, 6) is 0. The van der Waals surface area contributed by atoms with Gasteiger partial charge in [0.1, 0.15) is 0 Å². The van der Waals surface area contributed by atoms with Gasteiger partial charge in [0.2, 0.25) is 0 Å². The van der Waals surface area contributed by atoms with E-state index in [1.54, 1.807) is 0 Å². The van der Waals surface area contributed by atoms with Crippen LogP contribution in [0, 0.1) is 0 Å². The molecule has 2 heterocycles. The zero-order valence-corrected chi connectivity index (χ0v) is 9.61. The smallest absolute Gasteiger partial charge is 0.0764 e. The first kappa shape index (κ1) is 10.6. The van der Waals surface area contributed by atoms with Gasteiger partial charge in [0.05, 0.1) is 5.69 Å². The maximum Gasteiger partial charge on any atom is 0.0764 e. The van der Waals surface area contributed by atoms with Crippen LogP contribution in [0.3, 0.4) is 0 Å². The van der Waals surface area contributed by atoms with E-state index in [2.05, 4.69) is 28.3 Å². The van der Waals surface area contributed by atoms with E-state index in [1.807, 2.05) is 17.9 Å². The first-order chi connectivity index (χ1) is 7.24. The van der Waals surface area contributed by atoms with Crippen molar-refractivity contribution < 1.29 is 0 Å². The third kappa shape index (κ3) is 3.04. The lowest BCUT2D eigenvalue weighted by atomic mass is 10.3. The molecule has 84 valence electrons. The Balaban J connectivity index is 1.92. The normalized spacial score (nSPS) is 24.0. The van der Waals surface area contributed by atoms with E-state index >= 15 is 0 Å². The molecule has 1 unspecified atom stereocenters. The number of aryl methyl sites for hydroxylation is 1. The van der Waals surface area contributed by atoms with Gasteiger partial charge in [-0.3, -0.25) is 9.58 Å². The standard InChI is InChI=1S/C11H20N4/c1-10-8-15(6-3-5-12-10)9-11-4-7-14(2)13-11/h4,7,10,12H,3,5-6,8-9H2,1-2H3. The molecule has 1 N–H and O–H groups in total. The molecule has 1 atom stereocenters. The highest BCUT2D eigenvalue weighted by molar-refractivity contribution is 4.98. The molecule has 15 heavy (non-hydrogen) atoms. The molecule has 0 radical (unpaired) electrons. The number of nitrogens with one attached hydrogen (secondary N) is 1. The van der Waals surface area contributed by atoms with Gasteiger partial charge in [-0.2, -0.15) is 5.10 Å². The number of rotatable bonds is 2. The van der Waals surface area contributed by atoms with Gasteiger partial charge in [-0.25, -0.2) is 0 Å². The van der Waals surface area contributed by atoms with Gasteiger partial charge < -0.3 is 5.32 Å². The van der Waals surface area contributed by atoms with Crippen molar-refractivity contribution in [2.45, 2.75) is 25.9 Å². The van der Waals surface area contributed by atoms with Crippen LogP contribution in [-0.2, 0) is 13.6 Å². The summed E-state index contributed by atoms with van der Waals surface area (Å²) in [5.41, 5.74) is 1.17. The molecule has 0 aromatic carbocycles. The highest BCUT2D eigenvalue weighted by Crippen LogP contribution is 2.06. The monoisotopic (exact) mass is 208 g/mol. The number of hydrogen-bond acceptors (Lipinski definition) is 3. The quantitative estimate of drug-likeness (QED) is 0.773. The lowest BCUT2D eigenvalue weighted by Crippen LogP contribution is -2.35. The average Bonchev–Trinajstić information content (AvgIpc) is 2.46.